The van der Waals surface area contributed by atoms with E-state index in [4.69, 9.17) is 4.74 Å². The van der Waals surface area contributed by atoms with Crippen LogP contribution in [-0.4, -0.2) is 22.3 Å². The molecular weight excluding hydrogens is 357 g/mol. The zero-order valence-electron chi connectivity index (χ0n) is 16.3. The molecule has 28 heavy (non-hydrogen) atoms. The Bertz CT molecular complexity index is 947. The summed E-state index contributed by atoms with van der Waals surface area (Å²) in [6.45, 7) is 6.96. The van der Waals surface area contributed by atoms with E-state index in [1.54, 1.807) is 41.1 Å². The molecule has 0 radical (unpaired) electrons. The lowest BCUT2D eigenvalue weighted by molar-refractivity contribution is 0.102. The Morgan fingerprint density at radius 3 is 2.43 bits per heavy atom. The maximum absolute atomic E-state index is 13.1. The molecule has 1 N–H and O–H groups in total. The van der Waals surface area contributed by atoms with E-state index in [-0.39, 0.29) is 11.7 Å². The summed E-state index contributed by atoms with van der Waals surface area (Å²) < 4.78 is 20.4. The molecule has 1 aromatic heterocycles. The van der Waals surface area contributed by atoms with Crippen molar-refractivity contribution in [3.8, 4) is 5.75 Å². The maximum atomic E-state index is 13.1. The number of nitrogens with one attached hydrogen (secondary N) is 1. The number of carbonyl (C=O) groups excluding carboxylic acids is 1. The predicted molar refractivity (Wildman–Crippen MR) is 107 cm³/mol. The number of hydrogen-bond acceptors (Lipinski definition) is 3. The lowest BCUT2D eigenvalue weighted by atomic mass is 10.2. The Morgan fingerprint density at radius 2 is 1.79 bits per heavy atom. The third kappa shape index (κ3) is 4.57. The molecule has 0 fully saturated rings. The summed E-state index contributed by atoms with van der Waals surface area (Å²) in [5, 5.41) is 7.46. The molecule has 5 nitrogen and oxygen atoms in total. The molecule has 1 amide bonds. The highest BCUT2D eigenvalue weighted by molar-refractivity contribution is 6.04. The number of halogens is 1. The van der Waals surface area contributed by atoms with Crippen LogP contribution in [0.3, 0.4) is 0 Å². The summed E-state index contributed by atoms with van der Waals surface area (Å²) in [6.07, 6.45) is 0.933. The number of ether oxygens (including phenoxy) is 1. The Balaban J connectivity index is 1.72. The number of rotatable bonds is 7. The van der Waals surface area contributed by atoms with Crippen molar-refractivity contribution in [3.05, 3.63) is 76.9 Å². The zero-order valence-corrected chi connectivity index (χ0v) is 16.3. The van der Waals surface area contributed by atoms with Crippen molar-refractivity contribution in [1.82, 2.24) is 9.78 Å². The fourth-order valence-electron chi connectivity index (χ4n) is 2.90. The molecule has 1 heterocycles. The summed E-state index contributed by atoms with van der Waals surface area (Å²) in [5.41, 5.74) is 3.76. The van der Waals surface area contributed by atoms with E-state index in [9.17, 15) is 9.18 Å². The van der Waals surface area contributed by atoms with Crippen molar-refractivity contribution in [2.45, 2.75) is 33.7 Å². The van der Waals surface area contributed by atoms with Gasteiger partial charge in [0, 0.05) is 5.56 Å². The van der Waals surface area contributed by atoms with E-state index >= 15 is 0 Å². The number of aryl methyl sites for hydroxylation is 1. The zero-order chi connectivity index (χ0) is 20.1. The summed E-state index contributed by atoms with van der Waals surface area (Å²) in [6, 6.07) is 13.4. The van der Waals surface area contributed by atoms with Crippen LogP contribution in [0.4, 0.5) is 10.1 Å². The molecule has 0 bridgehead atoms. The average molecular weight is 381 g/mol. The molecule has 0 aliphatic heterocycles. The first-order valence-corrected chi connectivity index (χ1v) is 9.30. The maximum Gasteiger partial charge on any atom is 0.255 e. The van der Waals surface area contributed by atoms with Gasteiger partial charge >= 0.3 is 0 Å². The molecule has 3 aromatic rings. The van der Waals surface area contributed by atoms with Gasteiger partial charge in [-0.25, -0.2) is 4.39 Å². The van der Waals surface area contributed by atoms with Crippen LogP contribution in [0.25, 0.3) is 0 Å². The minimum atomic E-state index is -0.267. The molecule has 0 saturated carbocycles. The monoisotopic (exact) mass is 381 g/mol. The predicted octanol–water partition coefficient (Wildman–Crippen LogP) is 4.73. The van der Waals surface area contributed by atoms with Gasteiger partial charge in [-0.05, 0) is 62.2 Å². The standard InChI is InChI=1S/C22H24FN3O2/c1-4-13-28-20-11-7-18(8-12-20)22(27)24-21-15(2)25-26(16(21)3)14-17-5-9-19(23)10-6-17/h5-12H,4,13-14H2,1-3H3,(H,24,27). The summed E-state index contributed by atoms with van der Waals surface area (Å²) in [7, 11) is 0. The molecule has 2 aromatic carbocycles. The number of hydrogen-bond donors (Lipinski definition) is 1. The van der Waals surface area contributed by atoms with Gasteiger partial charge in [0.15, 0.2) is 0 Å². The third-order valence-electron chi connectivity index (χ3n) is 4.45. The molecule has 0 aliphatic rings. The second kappa shape index (κ2) is 8.69. The lowest BCUT2D eigenvalue weighted by Crippen LogP contribution is -2.13. The number of aromatic nitrogens is 2. The molecular formula is C22H24FN3O2. The van der Waals surface area contributed by atoms with Crippen LogP contribution in [0.1, 0.15) is 40.7 Å². The first-order chi connectivity index (χ1) is 13.5. The van der Waals surface area contributed by atoms with Crippen molar-refractivity contribution in [3.63, 3.8) is 0 Å². The van der Waals surface area contributed by atoms with Crippen molar-refractivity contribution >= 4 is 11.6 Å². The number of anilines is 1. The van der Waals surface area contributed by atoms with Gasteiger partial charge in [-0.1, -0.05) is 19.1 Å². The van der Waals surface area contributed by atoms with Crippen molar-refractivity contribution < 1.29 is 13.9 Å². The first kappa shape index (κ1) is 19.6. The number of benzene rings is 2. The van der Waals surface area contributed by atoms with Crippen LogP contribution in [0.2, 0.25) is 0 Å². The molecule has 146 valence electrons. The van der Waals surface area contributed by atoms with Gasteiger partial charge in [-0.3, -0.25) is 9.48 Å². The average Bonchev–Trinajstić information content (AvgIpc) is 2.96. The van der Waals surface area contributed by atoms with E-state index in [1.165, 1.54) is 12.1 Å². The highest BCUT2D eigenvalue weighted by Gasteiger charge is 2.15. The van der Waals surface area contributed by atoms with E-state index in [0.29, 0.717) is 24.4 Å². The van der Waals surface area contributed by atoms with Gasteiger partial charge in [-0.15, -0.1) is 0 Å². The molecule has 6 heteroatoms. The van der Waals surface area contributed by atoms with Gasteiger partial charge in [0.25, 0.3) is 5.91 Å². The SMILES string of the molecule is CCCOc1ccc(C(=O)Nc2c(C)nn(Cc3ccc(F)cc3)c2C)cc1. The molecule has 3 rings (SSSR count). The topological polar surface area (TPSA) is 56.1 Å². The molecule has 0 spiro atoms. The smallest absolute Gasteiger partial charge is 0.255 e. The minimum Gasteiger partial charge on any atom is -0.494 e. The van der Waals surface area contributed by atoms with E-state index in [0.717, 1.165) is 29.1 Å². The van der Waals surface area contributed by atoms with E-state index in [1.807, 2.05) is 20.8 Å². The quantitative estimate of drug-likeness (QED) is 0.644. The Hall–Kier alpha value is -3.15. The Kier molecular flexibility index (Phi) is 6.09. The van der Waals surface area contributed by atoms with Crippen LogP contribution >= 0.6 is 0 Å². The molecule has 0 saturated heterocycles. The van der Waals surface area contributed by atoms with Crippen LogP contribution in [0, 0.1) is 19.7 Å². The van der Waals surface area contributed by atoms with Gasteiger partial charge in [-0.2, -0.15) is 5.10 Å². The summed E-state index contributed by atoms with van der Waals surface area (Å²) >= 11 is 0. The number of carbonyl (C=O) groups is 1. The second-order valence-electron chi connectivity index (χ2n) is 6.66. The molecule has 0 atom stereocenters. The van der Waals surface area contributed by atoms with Gasteiger partial charge in [0.2, 0.25) is 0 Å². The van der Waals surface area contributed by atoms with Crippen LogP contribution in [-0.2, 0) is 6.54 Å². The first-order valence-electron chi connectivity index (χ1n) is 9.30. The van der Waals surface area contributed by atoms with E-state index < -0.39 is 0 Å². The van der Waals surface area contributed by atoms with Crippen LogP contribution in [0.5, 0.6) is 5.75 Å². The lowest BCUT2D eigenvalue weighted by Gasteiger charge is -2.08. The summed E-state index contributed by atoms with van der Waals surface area (Å²) in [4.78, 5) is 12.6. The van der Waals surface area contributed by atoms with E-state index in [2.05, 4.69) is 10.4 Å². The fourth-order valence-corrected chi connectivity index (χ4v) is 2.90. The summed E-state index contributed by atoms with van der Waals surface area (Å²) in [5.74, 6) is 0.281. The van der Waals surface area contributed by atoms with Gasteiger partial charge in [0.05, 0.1) is 30.2 Å². The van der Waals surface area contributed by atoms with Crippen LogP contribution < -0.4 is 10.1 Å². The normalized spacial score (nSPS) is 10.7. The highest BCUT2D eigenvalue weighted by Crippen LogP contribution is 2.22. The fraction of sp³-hybridized carbons (Fsp3) is 0.273. The number of nitrogens with zero attached hydrogens (tertiary/aromatic N) is 2. The molecule has 0 aliphatic carbocycles. The Labute approximate surface area is 164 Å². The van der Waals surface area contributed by atoms with Crippen molar-refractivity contribution in [2.24, 2.45) is 0 Å². The van der Waals surface area contributed by atoms with Crippen LogP contribution in [0.15, 0.2) is 48.5 Å². The highest BCUT2D eigenvalue weighted by atomic mass is 19.1. The third-order valence-corrected chi connectivity index (χ3v) is 4.45. The Morgan fingerprint density at radius 1 is 1.11 bits per heavy atom. The van der Waals surface area contributed by atoms with Gasteiger partial charge in [0.1, 0.15) is 11.6 Å². The molecule has 0 unspecified atom stereocenters. The van der Waals surface area contributed by atoms with Crippen molar-refractivity contribution in [1.29, 1.82) is 0 Å². The second-order valence-corrected chi connectivity index (χ2v) is 6.66. The minimum absolute atomic E-state index is 0.199. The number of amides is 1. The van der Waals surface area contributed by atoms with Gasteiger partial charge < -0.3 is 10.1 Å². The largest absolute Gasteiger partial charge is 0.494 e. The van der Waals surface area contributed by atoms with Crippen molar-refractivity contribution in [2.75, 3.05) is 11.9 Å².